The molecule has 0 saturated heterocycles. The maximum Gasteiger partial charge on any atom is 0.277 e. The lowest BCUT2D eigenvalue weighted by Crippen LogP contribution is -2.48. The fraction of sp³-hybridized carbons (Fsp3) is 0.188. The Balaban J connectivity index is 2.14. The van der Waals surface area contributed by atoms with Crippen molar-refractivity contribution in [3.8, 4) is 5.75 Å². The van der Waals surface area contributed by atoms with Crippen molar-refractivity contribution in [3.63, 3.8) is 0 Å². The van der Waals surface area contributed by atoms with Gasteiger partial charge in [-0.05, 0) is 62.4 Å². The average Bonchev–Trinajstić information content (AvgIpc) is 2.49. The Morgan fingerprint density at radius 1 is 1.08 bits per heavy atom. The molecule has 0 saturated carbocycles. The highest BCUT2D eigenvalue weighted by Gasteiger charge is 2.33. The minimum atomic E-state index is -3.98. The predicted molar refractivity (Wildman–Crippen MR) is 95.6 cm³/mol. The second-order valence-corrected chi connectivity index (χ2v) is 8.49. The standard InChI is InChI=1S/C16H15BrClNO4S/c1-16(2,23-13-7-5-12(18)6-8-13)15(20)19-24(21,22)14-9-3-11(17)4-10-14/h3-10H,1-2H3,(H,19,20). The number of nitrogens with one attached hydrogen (secondary N) is 1. The van der Waals surface area contributed by atoms with Crippen molar-refractivity contribution in [2.75, 3.05) is 0 Å². The van der Waals surface area contributed by atoms with Crippen molar-refractivity contribution in [1.29, 1.82) is 0 Å². The van der Waals surface area contributed by atoms with Crippen molar-refractivity contribution in [2.24, 2.45) is 0 Å². The molecule has 0 radical (unpaired) electrons. The zero-order chi connectivity index (χ0) is 18.0. The number of carbonyl (C=O) groups is 1. The summed E-state index contributed by atoms with van der Waals surface area (Å²) in [5.41, 5.74) is -1.39. The molecule has 1 N–H and O–H groups in total. The Morgan fingerprint density at radius 2 is 1.62 bits per heavy atom. The first-order valence-electron chi connectivity index (χ1n) is 6.87. The molecule has 0 aliphatic heterocycles. The number of hydrogen-bond donors (Lipinski definition) is 1. The highest BCUT2D eigenvalue weighted by atomic mass is 79.9. The van der Waals surface area contributed by atoms with E-state index in [2.05, 4.69) is 15.9 Å². The van der Waals surface area contributed by atoms with Crippen LogP contribution in [0.2, 0.25) is 5.02 Å². The summed E-state index contributed by atoms with van der Waals surface area (Å²) in [4.78, 5) is 12.3. The molecule has 8 heteroatoms. The van der Waals surface area contributed by atoms with Crippen LogP contribution in [-0.2, 0) is 14.8 Å². The number of carbonyl (C=O) groups excluding carboxylic acids is 1. The first-order valence-corrected chi connectivity index (χ1v) is 9.53. The van der Waals surface area contributed by atoms with Crippen LogP contribution in [0.5, 0.6) is 5.75 Å². The Kier molecular flexibility index (Phi) is 5.57. The Morgan fingerprint density at radius 3 is 2.17 bits per heavy atom. The zero-order valence-corrected chi connectivity index (χ0v) is 16.1. The van der Waals surface area contributed by atoms with E-state index in [9.17, 15) is 13.2 Å². The van der Waals surface area contributed by atoms with Gasteiger partial charge in [0.15, 0.2) is 5.60 Å². The van der Waals surface area contributed by atoms with Crippen LogP contribution in [0.3, 0.4) is 0 Å². The van der Waals surface area contributed by atoms with Crippen LogP contribution in [0, 0.1) is 0 Å². The summed E-state index contributed by atoms with van der Waals surface area (Å²) in [5.74, 6) is -0.374. The maximum absolute atomic E-state index is 12.3. The van der Waals surface area contributed by atoms with E-state index in [1.165, 1.54) is 26.0 Å². The van der Waals surface area contributed by atoms with E-state index in [1.54, 1.807) is 36.4 Å². The summed E-state index contributed by atoms with van der Waals surface area (Å²) < 4.78 is 32.9. The molecule has 0 spiro atoms. The molecule has 0 bridgehead atoms. The summed E-state index contributed by atoms with van der Waals surface area (Å²) in [6.45, 7) is 2.96. The van der Waals surface area contributed by atoms with Crippen LogP contribution >= 0.6 is 27.5 Å². The molecule has 1 amide bonds. The molecule has 24 heavy (non-hydrogen) atoms. The molecule has 0 aromatic heterocycles. The fourth-order valence-electron chi connectivity index (χ4n) is 1.76. The third kappa shape index (κ3) is 4.72. The van der Waals surface area contributed by atoms with Crippen molar-refractivity contribution in [3.05, 3.63) is 58.0 Å². The van der Waals surface area contributed by atoms with Gasteiger partial charge >= 0.3 is 0 Å². The third-order valence-corrected chi connectivity index (χ3v) is 5.21. The molecule has 0 unspecified atom stereocenters. The van der Waals surface area contributed by atoms with E-state index in [0.29, 0.717) is 10.8 Å². The molecule has 2 aromatic rings. The molecule has 0 aliphatic carbocycles. The lowest BCUT2D eigenvalue weighted by atomic mass is 10.1. The Bertz CT molecular complexity index is 833. The number of amides is 1. The van der Waals surface area contributed by atoms with Gasteiger partial charge in [-0.1, -0.05) is 27.5 Å². The monoisotopic (exact) mass is 431 g/mol. The molecule has 0 atom stereocenters. The molecule has 0 heterocycles. The van der Waals surface area contributed by atoms with Gasteiger partial charge in [0.1, 0.15) is 5.75 Å². The average molecular weight is 433 g/mol. The number of halogens is 2. The number of hydrogen-bond acceptors (Lipinski definition) is 4. The van der Waals surface area contributed by atoms with Gasteiger partial charge in [0, 0.05) is 9.50 Å². The van der Waals surface area contributed by atoms with Crippen LogP contribution in [0.25, 0.3) is 0 Å². The molecule has 0 aliphatic rings. The van der Waals surface area contributed by atoms with Crippen molar-refractivity contribution in [1.82, 2.24) is 4.72 Å². The summed E-state index contributed by atoms with van der Waals surface area (Å²) in [5, 5.41) is 0.530. The summed E-state index contributed by atoms with van der Waals surface area (Å²) in [6.07, 6.45) is 0. The second-order valence-electron chi connectivity index (χ2n) is 5.45. The van der Waals surface area contributed by atoms with Gasteiger partial charge in [0.25, 0.3) is 15.9 Å². The number of benzene rings is 2. The summed E-state index contributed by atoms with van der Waals surface area (Å²) in [6, 6.07) is 12.4. The van der Waals surface area contributed by atoms with E-state index in [4.69, 9.17) is 16.3 Å². The SMILES string of the molecule is CC(C)(Oc1ccc(Cl)cc1)C(=O)NS(=O)(=O)c1ccc(Br)cc1. The molecule has 2 rings (SSSR count). The van der Waals surface area contributed by atoms with Crippen LogP contribution < -0.4 is 9.46 Å². The van der Waals surface area contributed by atoms with Crippen molar-refractivity contribution in [2.45, 2.75) is 24.3 Å². The van der Waals surface area contributed by atoms with E-state index < -0.39 is 21.5 Å². The Hall–Kier alpha value is -1.57. The summed E-state index contributed by atoms with van der Waals surface area (Å²) in [7, 11) is -3.98. The van der Waals surface area contributed by atoms with E-state index in [-0.39, 0.29) is 4.90 Å². The number of ether oxygens (including phenoxy) is 1. The minimum absolute atomic E-state index is 0.0126. The first kappa shape index (κ1) is 18.8. The largest absolute Gasteiger partial charge is 0.478 e. The van der Waals surface area contributed by atoms with Gasteiger partial charge in [-0.15, -0.1) is 0 Å². The lowest BCUT2D eigenvalue weighted by Gasteiger charge is -2.25. The second kappa shape index (κ2) is 7.13. The minimum Gasteiger partial charge on any atom is -0.478 e. The topological polar surface area (TPSA) is 72.5 Å². The first-order chi connectivity index (χ1) is 11.1. The van der Waals surface area contributed by atoms with Crippen LogP contribution in [-0.4, -0.2) is 19.9 Å². The molecule has 5 nitrogen and oxygen atoms in total. The van der Waals surface area contributed by atoms with Gasteiger partial charge in [0.2, 0.25) is 0 Å². The van der Waals surface area contributed by atoms with E-state index in [0.717, 1.165) is 4.47 Å². The molecular formula is C16H15BrClNO4S. The molecule has 128 valence electrons. The van der Waals surface area contributed by atoms with Gasteiger partial charge in [-0.25, -0.2) is 13.1 Å². The molecular weight excluding hydrogens is 418 g/mol. The summed E-state index contributed by atoms with van der Waals surface area (Å²) >= 11 is 9.02. The van der Waals surface area contributed by atoms with Crippen molar-refractivity contribution >= 4 is 43.5 Å². The third-order valence-electron chi connectivity index (χ3n) is 3.08. The highest BCUT2D eigenvalue weighted by molar-refractivity contribution is 9.10. The van der Waals surface area contributed by atoms with Crippen LogP contribution in [0.4, 0.5) is 0 Å². The number of sulfonamides is 1. The Labute approximate surface area is 154 Å². The predicted octanol–water partition coefficient (Wildman–Crippen LogP) is 3.77. The number of rotatable bonds is 5. The maximum atomic E-state index is 12.3. The zero-order valence-electron chi connectivity index (χ0n) is 12.9. The smallest absolute Gasteiger partial charge is 0.277 e. The van der Waals surface area contributed by atoms with Gasteiger partial charge in [0.05, 0.1) is 4.90 Å². The van der Waals surface area contributed by atoms with Gasteiger partial charge in [-0.2, -0.15) is 0 Å². The normalized spacial score (nSPS) is 11.8. The van der Waals surface area contributed by atoms with Crippen molar-refractivity contribution < 1.29 is 17.9 Å². The van der Waals surface area contributed by atoms with Crippen LogP contribution in [0.15, 0.2) is 57.9 Å². The van der Waals surface area contributed by atoms with Gasteiger partial charge < -0.3 is 4.74 Å². The van der Waals surface area contributed by atoms with E-state index >= 15 is 0 Å². The van der Waals surface area contributed by atoms with Crippen LogP contribution in [0.1, 0.15) is 13.8 Å². The lowest BCUT2D eigenvalue weighted by molar-refractivity contribution is -0.132. The molecule has 2 aromatic carbocycles. The van der Waals surface area contributed by atoms with Gasteiger partial charge in [-0.3, -0.25) is 4.79 Å². The fourth-order valence-corrected chi connectivity index (χ4v) is 3.25. The quantitative estimate of drug-likeness (QED) is 0.781. The van der Waals surface area contributed by atoms with E-state index in [1.807, 2.05) is 4.72 Å². The molecule has 0 fully saturated rings. The highest BCUT2D eigenvalue weighted by Crippen LogP contribution is 2.22.